The van der Waals surface area contributed by atoms with Gasteiger partial charge in [0.25, 0.3) is 0 Å². The van der Waals surface area contributed by atoms with Gasteiger partial charge < -0.3 is 25.3 Å². The van der Waals surface area contributed by atoms with Crippen LogP contribution < -0.4 is 15.4 Å². The van der Waals surface area contributed by atoms with Gasteiger partial charge >= 0.3 is 0 Å². The molecule has 2 aliphatic heterocycles. The molecule has 2 amide bonds. The van der Waals surface area contributed by atoms with E-state index in [-0.39, 0.29) is 23.8 Å². The van der Waals surface area contributed by atoms with Crippen LogP contribution in [0.4, 0.5) is 0 Å². The molecule has 0 aliphatic carbocycles. The van der Waals surface area contributed by atoms with E-state index >= 15 is 0 Å². The van der Waals surface area contributed by atoms with Crippen molar-refractivity contribution in [3.63, 3.8) is 0 Å². The predicted octanol–water partition coefficient (Wildman–Crippen LogP) is 1.13. The Labute approximate surface area is 176 Å². The Bertz CT molecular complexity index is 900. The topological polar surface area (TPSA) is 99.4 Å². The van der Waals surface area contributed by atoms with Gasteiger partial charge in [0, 0.05) is 31.7 Å². The molecule has 1 atom stereocenters. The molecule has 8 heteroatoms. The molecule has 1 fully saturated rings. The molecule has 4 rings (SSSR count). The third-order valence-corrected chi connectivity index (χ3v) is 6.21. The van der Waals surface area contributed by atoms with E-state index in [0.717, 1.165) is 42.8 Å². The molecule has 3 N–H and O–H groups in total. The van der Waals surface area contributed by atoms with Crippen LogP contribution in [0.5, 0.6) is 5.75 Å². The number of aromatic amines is 1. The van der Waals surface area contributed by atoms with Crippen molar-refractivity contribution in [2.75, 3.05) is 26.7 Å². The highest BCUT2D eigenvalue weighted by molar-refractivity contribution is 5.88. The van der Waals surface area contributed by atoms with Crippen LogP contribution in [0.25, 0.3) is 0 Å². The van der Waals surface area contributed by atoms with Gasteiger partial charge in [-0.05, 0) is 37.5 Å². The van der Waals surface area contributed by atoms with Gasteiger partial charge in [0.1, 0.15) is 11.8 Å². The first-order chi connectivity index (χ1) is 14.5. The molecular weight excluding hydrogens is 382 g/mol. The largest absolute Gasteiger partial charge is 0.497 e. The van der Waals surface area contributed by atoms with Crippen LogP contribution in [-0.4, -0.2) is 59.5 Å². The normalized spacial score (nSPS) is 18.5. The number of nitrogens with zero attached hydrogens (tertiary/aromatic N) is 2. The lowest BCUT2D eigenvalue weighted by atomic mass is 9.80. The van der Waals surface area contributed by atoms with Crippen molar-refractivity contribution in [1.82, 2.24) is 25.5 Å². The van der Waals surface area contributed by atoms with Gasteiger partial charge in [-0.1, -0.05) is 12.1 Å². The van der Waals surface area contributed by atoms with Crippen molar-refractivity contribution in [3.8, 4) is 5.75 Å². The van der Waals surface area contributed by atoms with E-state index in [9.17, 15) is 9.59 Å². The van der Waals surface area contributed by atoms with Gasteiger partial charge in [0.15, 0.2) is 0 Å². The molecule has 2 aromatic rings. The lowest BCUT2D eigenvalue weighted by Gasteiger charge is -2.44. The summed E-state index contributed by atoms with van der Waals surface area (Å²) in [6.45, 7) is 3.97. The first-order valence-corrected chi connectivity index (χ1v) is 10.5. The second-order valence-corrected chi connectivity index (χ2v) is 8.13. The number of methoxy groups -OCH3 is 1. The summed E-state index contributed by atoms with van der Waals surface area (Å²) < 4.78 is 5.13. The van der Waals surface area contributed by atoms with Crippen LogP contribution in [0.15, 0.2) is 30.6 Å². The molecule has 30 heavy (non-hydrogen) atoms. The standard InChI is InChI=1S/C22H29N5O3/c1-15(26-19(28)13-16-3-5-17(30-2)6-4-16)21(29)27-11-8-22(9-12-27)20-18(7-10-25-22)23-14-24-20/h3-6,14-15,25H,7-13H2,1-2H3,(H,23,24)(H,26,28)/t15-/m0/s1. The summed E-state index contributed by atoms with van der Waals surface area (Å²) in [6.07, 6.45) is 4.59. The maximum atomic E-state index is 12.9. The average molecular weight is 412 g/mol. The molecule has 0 bridgehead atoms. The highest BCUT2D eigenvalue weighted by Gasteiger charge is 2.42. The highest BCUT2D eigenvalue weighted by atomic mass is 16.5. The predicted molar refractivity (Wildman–Crippen MR) is 112 cm³/mol. The Morgan fingerprint density at radius 3 is 2.70 bits per heavy atom. The van der Waals surface area contributed by atoms with E-state index in [2.05, 4.69) is 20.6 Å². The lowest BCUT2D eigenvalue weighted by Crippen LogP contribution is -2.57. The number of carbonyl (C=O) groups is 2. The molecule has 8 nitrogen and oxygen atoms in total. The number of nitrogens with one attached hydrogen (secondary N) is 3. The monoisotopic (exact) mass is 411 g/mol. The number of amides is 2. The molecular formula is C22H29N5O3. The first-order valence-electron chi connectivity index (χ1n) is 10.5. The minimum absolute atomic E-state index is 0.0361. The lowest BCUT2D eigenvalue weighted by molar-refractivity contribution is -0.137. The number of fused-ring (bicyclic) bond motifs is 2. The highest BCUT2D eigenvalue weighted by Crippen LogP contribution is 2.35. The molecule has 0 radical (unpaired) electrons. The molecule has 1 saturated heterocycles. The van der Waals surface area contributed by atoms with Gasteiger partial charge in [0.05, 0.1) is 31.1 Å². The molecule has 0 unspecified atom stereocenters. The number of likely N-dealkylation sites (tertiary alicyclic amines) is 1. The number of H-pyrrole nitrogens is 1. The Morgan fingerprint density at radius 2 is 2.00 bits per heavy atom. The molecule has 1 aromatic carbocycles. The smallest absolute Gasteiger partial charge is 0.244 e. The zero-order valence-corrected chi connectivity index (χ0v) is 17.5. The quantitative estimate of drug-likeness (QED) is 0.685. The van der Waals surface area contributed by atoms with Crippen LogP contribution in [-0.2, 0) is 28.0 Å². The zero-order valence-electron chi connectivity index (χ0n) is 17.5. The summed E-state index contributed by atoms with van der Waals surface area (Å²) in [4.78, 5) is 34.9. The van der Waals surface area contributed by atoms with Gasteiger partial charge in [-0.15, -0.1) is 0 Å². The SMILES string of the molecule is COc1ccc(CC(=O)N[C@@H](C)C(=O)N2CCC3(CC2)NCCc2[nH]cnc23)cc1. The van der Waals surface area contributed by atoms with E-state index < -0.39 is 6.04 Å². The number of rotatable bonds is 5. The molecule has 1 aromatic heterocycles. The number of piperidine rings is 1. The molecule has 3 heterocycles. The van der Waals surface area contributed by atoms with Crippen molar-refractivity contribution < 1.29 is 14.3 Å². The van der Waals surface area contributed by atoms with Crippen LogP contribution in [0.1, 0.15) is 36.7 Å². The maximum absolute atomic E-state index is 12.9. The number of benzene rings is 1. The van der Waals surface area contributed by atoms with Crippen molar-refractivity contribution >= 4 is 11.8 Å². The maximum Gasteiger partial charge on any atom is 0.244 e. The minimum atomic E-state index is -0.551. The summed E-state index contributed by atoms with van der Waals surface area (Å²) in [5.74, 6) is 0.551. The number of hydrogen-bond donors (Lipinski definition) is 3. The van der Waals surface area contributed by atoms with Gasteiger partial charge in [0.2, 0.25) is 11.8 Å². The number of aromatic nitrogens is 2. The van der Waals surface area contributed by atoms with Gasteiger partial charge in [-0.3, -0.25) is 9.59 Å². The number of hydrogen-bond acceptors (Lipinski definition) is 5. The van der Waals surface area contributed by atoms with Crippen LogP contribution >= 0.6 is 0 Å². The molecule has 160 valence electrons. The number of carbonyl (C=O) groups excluding carboxylic acids is 2. The fraction of sp³-hybridized carbons (Fsp3) is 0.500. The third-order valence-electron chi connectivity index (χ3n) is 6.21. The van der Waals surface area contributed by atoms with Crippen molar-refractivity contribution in [3.05, 3.63) is 47.5 Å². The Hall–Kier alpha value is -2.87. The van der Waals surface area contributed by atoms with E-state index in [1.807, 2.05) is 29.2 Å². The number of ether oxygens (including phenoxy) is 1. The van der Waals surface area contributed by atoms with Crippen LogP contribution in [0, 0.1) is 0 Å². The van der Waals surface area contributed by atoms with E-state index in [4.69, 9.17) is 4.74 Å². The summed E-state index contributed by atoms with van der Waals surface area (Å²) in [7, 11) is 1.61. The average Bonchev–Trinajstić information content (AvgIpc) is 3.25. The summed E-state index contributed by atoms with van der Waals surface area (Å²) in [5.41, 5.74) is 3.03. The second kappa shape index (κ2) is 8.47. The fourth-order valence-corrected chi connectivity index (χ4v) is 4.51. The Morgan fingerprint density at radius 1 is 1.27 bits per heavy atom. The summed E-state index contributed by atoms with van der Waals surface area (Å²) in [6, 6.07) is 6.81. The fourth-order valence-electron chi connectivity index (χ4n) is 4.51. The Kier molecular flexibility index (Phi) is 5.76. The van der Waals surface area contributed by atoms with E-state index in [0.29, 0.717) is 13.1 Å². The summed E-state index contributed by atoms with van der Waals surface area (Å²) >= 11 is 0. The van der Waals surface area contributed by atoms with Crippen molar-refractivity contribution in [2.24, 2.45) is 0 Å². The van der Waals surface area contributed by atoms with Gasteiger partial charge in [-0.25, -0.2) is 4.98 Å². The van der Waals surface area contributed by atoms with E-state index in [1.165, 1.54) is 5.69 Å². The zero-order chi connectivity index (χ0) is 21.1. The van der Waals surface area contributed by atoms with Crippen LogP contribution in [0.2, 0.25) is 0 Å². The van der Waals surface area contributed by atoms with Gasteiger partial charge in [-0.2, -0.15) is 0 Å². The third kappa shape index (κ3) is 4.05. The number of imidazole rings is 1. The second-order valence-electron chi connectivity index (χ2n) is 8.13. The van der Waals surface area contributed by atoms with E-state index in [1.54, 1.807) is 20.4 Å². The Balaban J connectivity index is 1.30. The van der Waals surface area contributed by atoms with Crippen LogP contribution in [0.3, 0.4) is 0 Å². The van der Waals surface area contributed by atoms with Crippen molar-refractivity contribution in [2.45, 2.75) is 44.2 Å². The minimum Gasteiger partial charge on any atom is -0.497 e. The van der Waals surface area contributed by atoms with Crippen molar-refractivity contribution in [1.29, 1.82) is 0 Å². The molecule has 0 saturated carbocycles. The molecule has 2 aliphatic rings. The summed E-state index contributed by atoms with van der Waals surface area (Å²) in [5, 5.41) is 6.48. The molecule has 1 spiro atoms. The first kappa shape index (κ1) is 20.4.